The number of amides is 2. The minimum Gasteiger partial charge on any atom is -0.348 e. The zero-order valence-electron chi connectivity index (χ0n) is 18.7. The Morgan fingerprint density at radius 2 is 1.79 bits per heavy atom. The van der Waals surface area contributed by atoms with Crippen molar-refractivity contribution in [2.75, 3.05) is 19.6 Å². The summed E-state index contributed by atoms with van der Waals surface area (Å²) in [5, 5.41) is 0. The van der Waals surface area contributed by atoms with Gasteiger partial charge in [0.1, 0.15) is 18.4 Å². The largest absolute Gasteiger partial charge is 0.348 e. The Balaban J connectivity index is 1.56. The van der Waals surface area contributed by atoms with Gasteiger partial charge in [-0.3, -0.25) is 9.59 Å². The Bertz CT molecular complexity index is 1140. The first kappa shape index (κ1) is 22.5. The van der Waals surface area contributed by atoms with E-state index in [1.54, 1.807) is 34.1 Å². The number of hydrogen-bond donors (Lipinski definition) is 0. The Morgan fingerprint density at radius 3 is 2.55 bits per heavy atom. The molecule has 0 N–H and O–H groups in total. The lowest BCUT2D eigenvalue weighted by Gasteiger charge is -2.38. The van der Waals surface area contributed by atoms with Crippen molar-refractivity contribution in [3.8, 4) is 0 Å². The van der Waals surface area contributed by atoms with E-state index in [0.717, 1.165) is 17.7 Å². The molecule has 1 unspecified atom stereocenters. The number of hydrogen-bond acceptors (Lipinski definition) is 2. The zero-order valence-corrected chi connectivity index (χ0v) is 18.7. The highest BCUT2D eigenvalue weighted by molar-refractivity contribution is 5.94. The topological polar surface area (TPSA) is 45.6 Å². The van der Waals surface area contributed by atoms with E-state index >= 15 is 0 Å². The Morgan fingerprint density at radius 1 is 1.03 bits per heavy atom. The fourth-order valence-electron chi connectivity index (χ4n) is 4.30. The van der Waals surface area contributed by atoms with E-state index in [4.69, 9.17) is 0 Å². The number of halogens is 1. The van der Waals surface area contributed by atoms with Crippen molar-refractivity contribution in [2.45, 2.75) is 25.9 Å². The summed E-state index contributed by atoms with van der Waals surface area (Å²) in [6.07, 6.45) is 5.95. The van der Waals surface area contributed by atoms with E-state index < -0.39 is 6.04 Å². The summed E-state index contributed by atoms with van der Waals surface area (Å²) in [6, 6.07) is 19.5. The SMILES string of the molecule is CCCN(CC(=O)N1CCn2cccc2C1c1ccccc1F)C(=O)/C=C/c1ccccc1. The molecule has 6 heteroatoms. The lowest BCUT2D eigenvalue weighted by atomic mass is 9.99. The molecule has 2 amide bonds. The third-order valence-electron chi connectivity index (χ3n) is 5.91. The molecule has 2 heterocycles. The van der Waals surface area contributed by atoms with Crippen LogP contribution in [0.15, 0.2) is 79.0 Å². The maximum atomic E-state index is 14.8. The van der Waals surface area contributed by atoms with E-state index in [-0.39, 0.29) is 24.2 Å². The molecule has 1 aliphatic heterocycles. The van der Waals surface area contributed by atoms with E-state index in [9.17, 15) is 14.0 Å². The highest BCUT2D eigenvalue weighted by Gasteiger charge is 2.34. The summed E-state index contributed by atoms with van der Waals surface area (Å²) in [4.78, 5) is 29.6. The van der Waals surface area contributed by atoms with Crippen LogP contribution in [0.4, 0.5) is 4.39 Å². The second kappa shape index (κ2) is 10.3. The lowest BCUT2D eigenvalue weighted by Crippen LogP contribution is -2.48. The van der Waals surface area contributed by atoms with E-state index in [1.165, 1.54) is 12.1 Å². The number of carbonyl (C=O) groups excluding carboxylic acids is 2. The molecule has 33 heavy (non-hydrogen) atoms. The van der Waals surface area contributed by atoms with Crippen LogP contribution in [-0.2, 0) is 16.1 Å². The van der Waals surface area contributed by atoms with Crippen molar-refractivity contribution in [3.63, 3.8) is 0 Å². The van der Waals surface area contributed by atoms with Gasteiger partial charge < -0.3 is 14.4 Å². The normalized spacial score (nSPS) is 15.5. The molecule has 1 aliphatic rings. The average Bonchev–Trinajstić information content (AvgIpc) is 3.32. The minimum absolute atomic E-state index is 0.0442. The smallest absolute Gasteiger partial charge is 0.247 e. The van der Waals surface area contributed by atoms with Crippen molar-refractivity contribution < 1.29 is 14.0 Å². The molecule has 5 nitrogen and oxygen atoms in total. The fraction of sp³-hybridized carbons (Fsp3) is 0.259. The minimum atomic E-state index is -0.527. The van der Waals surface area contributed by atoms with Crippen LogP contribution < -0.4 is 0 Å². The monoisotopic (exact) mass is 445 g/mol. The molecule has 1 atom stereocenters. The first-order chi connectivity index (χ1) is 16.1. The van der Waals surface area contributed by atoms with Gasteiger partial charge in [0, 0.05) is 43.2 Å². The van der Waals surface area contributed by atoms with Gasteiger partial charge in [0.15, 0.2) is 0 Å². The predicted octanol–water partition coefficient (Wildman–Crippen LogP) is 4.51. The number of nitrogens with zero attached hydrogens (tertiary/aromatic N) is 3. The van der Waals surface area contributed by atoms with Gasteiger partial charge in [0.25, 0.3) is 0 Å². The maximum Gasteiger partial charge on any atom is 0.247 e. The van der Waals surface area contributed by atoms with Crippen LogP contribution in [0.1, 0.15) is 36.2 Å². The van der Waals surface area contributed by atoms with Gasteiger partial charge >= 0.3 is 0 Å². The lowest BCUT2D eigenvalue weighted by molar-refractivity contribution is -0.140. The molecule has 0 radical (unpaired) electrons. The van der Waals surface area contributed by atoms with Crippen molar-refractivity contribution in [1.29, 1.82) is 0 Å². The molecular weight excluding hydrogens is 417 g/mol. The maximum absolute atomic E-state index is 14.8. The summed E-state index contributed by atoms with van der Waals surface area (Å²) < 4.78 is 16.8. The molecule has 0 saturated heterocycles. The number of carbonyl (C=O) groups is 2. The third kappa shape index (κ3) is 5.06. The van der Waals surface area contributed by atoms with Crippen molar-refractivity contribution in [1.82, 2.24) is 14.4 Å². The Hall–Kier alpha value is -3.67. The van der Waals surface area contributed by atoms with Crippen LogP contribution in [-0.4, -0.2) is 45.8 Å². The Labute approximate surface area is 193 Å². The highest BCUT2D eigenvalue weighted by Crippen LogP contribution is 2.33. The van der Waals surface area contributed by atoms with Crippen LogP contribution in [0.5, 0.6) is 0 Å². The highest BCUT2D eigenvalue weighted by atomic mass is 19.1. The molecular formula is C27H28FN3O2. The van der Waals surface area contributed by atoms with E-state index in [0.29, 0.717) is 25.2 Å². The van der Waals surface area contributed by atoms with Gasteiger partial charge in [-0.2, -0.15) is 0 Å². The van der Waals surface area contributed by atoms with Crippen LogP contribution in [0.3, 0.4) is 0 Å². The third-order valence-corrected chi connectivity index (χ3v) is 5.91. The first-order valence-corrected chi connectivity index (χ1v) is 11.3. The van der Waals surface area contributed by atoms with Crippen molar-refractivity contribution in [3.05, 3.63) is 102 Å². The number of benzene rings is 2. The van der Waals surface area contributed by atoms with Gasteiger partial charge in [-0.05, 0) is 36.3 Å². The summed E-state index contributed by atoms with van der Waals surface area (Å²) >= 11 is 0. The van der Waals surface area contributed by atoms with Gasteiger partial charge in [-0.15, -0.1) is 0 Å². The predicted molar refractivity (Wildman–Crippen MR) is 127 cm³/mol. The van der Waals surface area contributed by atoms with Crippen LogP contribution in [0.25, 0.3) is 6.08 Å². The number of rotatable bonds is 7. The fourth-order valence-corrected chi connectivity index (χ4v) is 4.30. The average molecular weight is 446 g/mol. The molecule has 0 spiro atoms. The molecule has 3 aromatic rings. The molecule has 2 aromatic carbocycles. The second-order valence-electron chi connectivity index (χ2n) is 8.14. The molecule has 0 bridgehead atoms. The molecule has 4 rings (SSSR count). The van der Waals surface area contributed by atoms with Crippen LogP contribution in [0, 0.1) is 5.82 Å². The van der Waals surface area contributed by atoms with Gasteiger partial charge in [-0.25, -0.2) is 4.39 Å². The quantitative estimate of drug-likeness (QED) is 0.503. The molecule has 1 aromatic heterocycles. The number of aromatic nitrogens is 1. The molecule has 0 saturated carbocycles. The van der Waals surface area contributed by atoms with Crippen molar-refractivity contribution >= 4 is 17.9 Å². The summed E-state index contributed by atoms with van der Waals surface area (Å²) in [5.74, 6) is -0.746. The zero-order chi connectivity index (χ0) is 23.2. The van der Waals surface area contributed by atoms with Gasteiger partial charge in [0.05, 0.1) is 0 Å². The number of fused-ring (bicyclic) bond motifs is 1. The Kier molecular flexibility index (Phi) is 7.03. The summed E-state index contributed by atoms with van der Waals surface area (Å²) in [7, 11) is 0. The molecule has 0 aliphatic carbocycles. The van der Waals surface area contributed by atoms with E-state index in [2.05, 4.69) is 4.57 Å². The van der Waals surface area contributed by atoms with Gasteiger partial charge in [0.2, 0.25) is 11.8 Å². The standard InChI is InChI=1S/C27H28FN3O2/c1-2-16-30(25(32)15-14-21-9-4-3-5-10-21)20-26(33)31-19-18-29-17-8-13-24(29)27(31)22-11-6-7-12-23(22)28/h3-15,17,27H,2,16,18-20H2,1H3/b15-14+. The summed E-state index contributed by atoms with van der Waals surface area (Å²) in [5.41, 5.74) is 2.25. The van der Waals surface area contributed by atoms with Crippen molar-refractivity contribution in [2.24, 2.45) is 0 Å². The molecule has 0 fully saturated rings. The second-order valence-corrected chi connectivity index (χ2v) is 8.14. The van der Waals surface area contributed by atoms with Gasteiger partial charge in [-0.1, -0.05) is 55.5 Å². The van der Waals surface area contributed by atoms with Crippen LogP contribution >= 0.6 is 0 Å². The first-order valence-electron chi connectivity index (χ1n) is 11.3. The van der Waals surface area contributed by atoms with E-state index in [1.807, 2.05) is 55.6 Å². The molecule has 170 valence electrons. The van der Waals surface area contributed by atoms with Crippen LogP contribution in [0.2, 0.25) is 0 Å². The summed E-state index contributed by atoms with van der Waals surface area (Å²) in [6.45, 7) is 3.49.